The SMILES string of the molecule is COC(=O)CNC(=O)c1ccc(N)cc1Cl. The van der Waals surface area contributed by atoms with Crippen molar-refractivity contribution in [2.24, 2.45) is 0 Å². The molecule has 0 radical (unpaired) electrons. The van der Waals surface area contributed by atoms with Crippen molar-refractivity contribution in [2.75, 3.05) is 19.4 Å². The van der Waals surface area contributed by atoms with Crippen molar-refractivity contribution in [3.05, 3.63) is 28.8 Å². The third-order valence-corrected chi connectivity index (χ3v) is 2.17. The van der Waals surface area contributed by atoms with Gasteiger partial charge in [-0.3, -0.25) is 9.59 Å². The highest BCUT2D eigenvalue weighted by molar-refractivity contribution is 6.34. The molecular formula is C10H11ClN2O3. The number of hydrogen-bond acceptors (Lipinski definition) is 4. The van der Waals surface area contributed by atoms with Gasteiger partial charge in [-0.2, -0.15) is 0 Å². The number of hydrogen-bond donors (Lipinski definition) is 2. The number of rotatable bonds is 3. The molecule has 0 heterocycles. The zero-order valence-electron chi connectivity index (χ0n) is 8.62. The zero-order chi connectivity index (χ0) is 12.1. The number of carbonyl (C=O) groups is 2. The maximum absolute atomic E-state index is 11.6. The number of carbonyl (C=O) groups excluding carboxylic acids is 2. The van der Waals surface area contributed by atoms with Gasteiger partial charge in [-0.1, -0.05) is 11.6 Å². The van der Waals surface area contributed by atoms with E-state index in [1.54, 1.807) is 6.07 Å². The number of esters is 1. The molecule has 0 aliphatic rings. The molecule has 6 heteroatoms. The number of amides is 1. The molecule has 0 atom stereocenters. The minimum Gasteiger partial charge on any atom is -0.468 e. The van der Waals surface area contributed by atoms with E-state index in [9.17, 15) is 9.59 Å². The van der Waals surface area contributed by atoms with Gasteiger partial charge in [0.05, 0.1) is 17.7 Å². The minimum atomic E-state index is -0.528. The Kier molecular flexibility index (Phi) is 4.13. The summed E-state index contributed by atoms with van der Waals surface area (Å²) in [5.41, 5.74) is 6.21. The van der Waals surface area contributed by atoms with Gasteiger partial charge in [0.25, 0.3) is 5.91 Å². The average Bonchev–Trinajstić information content (AvgIpc) is 2.25. The first-order valence-corrected chi connectivity index (χ1v) is 4.82. The molecule has 0 spiro atoms. The van der Waals surface area contributed by atoms with Crippen LogP contribution in [0.4, 0.5) is 5.69 Å². The van der Waals surface area contributed by atoms with Gasteiger partial charge < -0.3 is 15.8 Å². The Labute approximate surface area is 97.5 Å². The maximum Gasteiger partial charge on any atom is 0.325 e. The van der Waals surface area contributed by atoms with Gasteiger partial charge >= 0.3 is 5.97 Å². The van der Waals surface area contributed by atoms with Crippen molar-refractivity contribution in [3.63, 3.8) is 0 Å². The molecular weight excluding hydrogens is 232 g/mol. The molecule has 1 amide bonds. The van der Waals surface area contributed by atoms with Gasteiger partial charge in [0, 0.05) is 5.69 Å². The number of anilines is 1. The zero-order valence-corrected chi connectivity index (χ0v) is 9.38. The number of nitrogens with one attached hydrogen (secondary N) is 1. The van der Waals surface area contributed by atoms with Gasteiger partial charge in [0.2, 0.25) is 0 Å². The van der Waals surface area contributed by atoms with Crippen LogP contribution in [-0.4, -0.2) is 25.5 Å². The molecule has 0 saturated heterocycles. The van der Waals surface area contributed by atoms with E-state index in [4.69, 9.17) is 17.3 Å². The van der Waals surface area contributed by atoms with Gasteiger partial charge in [-0.05, 0) is 18.2 Å². The van der Waals surface area contributed by atoms with E-state index in [1.165, 1.54) is 19.2 Å². The van der Waals surface area contributed by atoms with Crippen LogP contribution >= 0.6 is 11.6 Å². The fourth-order valence-electron chi connectivity index (χ4n) is 1.04. The second-order valence-corrected chi connectivity index (χ2v) is 3.41. The van der Waals surface area contributed by atoms with Crippen LogP contribution in [0.15, 0.2) is 18.2 Å². The highest BCUT2D eigenvalue weighted by Gasteiger charge is 2.11. The van der Waals surface area contributed by atoms with E-state index in [-0.39, 0.29) is 17.1 Å². The predicted molar refractivity (Wildman–Crippen MR) is 60.2 cm³/mol. The third-order valence-electron chi connectivity index (χ3n) is 1.86. The van der Waals surface area contributed by atoms with Crippen LogP contribution in [0.3, 0.4) is 0 Å². The van der Waals surface area contributed by atoms with Gasteiger partial charge in [0.15, 0.2) is 0 Å². The van der Waals surface area contributed by atoms with Crippen LogP contribution in [0.2, 0.25) is 5.02 Å². The summed E-state index contributed by atoms with van der Waals surface area (Å²) in [4.78, 5) is 22.3. The molecule has 1 aromatic rings. The predicted octanol–water partition coefficient (Wildman–Crippen LogP) is 0.825. The van der Waals surface area contributed by atoms with Crippen LogP contribution < -0.4 is 11.1 Å². The van der Waals surface area contributed by atoms with E-state index in [2.05, 4.69) is 10.1 Å². The van der Waals surface area contributed by atoms with Crippen molar-refractivity contribution in [1.29, 1.82) is 0 Å². The summed E-state index contributed by atoms with van der Waals surface area (Å²) in [5, 5.41) is 2.61. The lowest BCUT2D eigenvalue weighted by Crippen LogP contribution is -2.30. The fourth-order valence-corrected chi connectivity index (χ4v) is 1.31. The van der Waals surface area contributed by atoms with E-state index < -0.39 is 11.9 Å². The highest BCUT2D eigenvalue weighted by Crippen LogP contribution is 2.18. The number of benzene rings is 1. The van der Waals surface area contributed by atoms with E-state index in [0.29, 0.717) is 5.69 Å². The smallest absolute Gasteiger partial charge is 0.325 e. The molecule has 0 saturated carbocycles. The monoisotopic (exact) mass is 242 g/mol. The number of nitrogen functional groups attached to an aromatic ring is 1. The molecule has 0 bridgehead atoms. The maximum atomic E-state index is 11.6. The summed E-state index contributed by atoms with van der Waals surface area (Å²) < 4.78 is 4.38. The third kappa shape index (κ3) is 3.13. The first-order chi connectivity index (χ1) is 7.54. The highest BCUT2D eigenvalue weighted by atomic mass is 35.5. The summed E-state index contributed by atoms with van der Waals surface area (Å²) in [6.45, 7) is -0.198. The Morgan fingerprint density at radius 3 is 2.75 bits per heavy atom. The molecule has 0 aliphatic carbocycles. The van der Waals surface area contributed by atoms with E-state index in [1.807, 2.05) is 0 Å². The van der Waals surface area contributed by atoms with Crippen molar-refractivity contribution < 1.29 is 14.3 Å². The van der Waals surface area contributed by atoms with Crippen molar-refractivity contribution >= 4 is 29.2 Å². The van der Waals surface area contributed by atoms with Crippen LogP contribution in [0.25, 0.3) is 0 Å². The lowest BCUT2D eigenvalue weighted by atomic mass is 10.2. The molecule has 3 N–H and O–H groups in total. The Balaban J connectivity index is 2.70. The summed E-state index contributed by atoms with van der Waals surface area (Å²) in [6, 6.07) is 4.51. The molecule has 86 valence electrons. The Morgan fingerprint density at radius 1 is 1.50 bits per heavy atom. The number of methoxy groups -OCH3 is 1. The van der Waals surface area contributed by atoms with E-state index in [0.717, 1.165) is 0 Å². The summed E-state index contributed by atoms with van der Waals surface area (Å²) in [5.74, 6) is -0.977. The quantitative estimate of drug-likeness (QED) is 0.608. The molecule has 16 heavy (non-hydrogen) atoms. The number of nitrogens with two attached hydrogens (primary N) is 1. The van der Waals surface area contributed by atoms with Crippen molar-refractivity contribution in [2.45, 2.75) is 0 Å². The van der Waals surface area contributed by atoms with Crippen molar-refractivity contribution in [1.82, 2.24) is 5.32 Å². The summed E-state index contributed by atoms with van der Waals surface area (Å²) in [7, 11) is 1.24. The Hall–Kier alpha value is -1.75. The van der Waals surface area contributed by atoms with E-state index >= 15 is 0 Å². The second-order valence-electron chi connectivity index (χ2n) is 3.00. The van der Waals surface area contributed by atoms with Crippen LogP contribution in [0.5, 0.6) is 0 Å². The Morgan fingerprint density at radius 2 is 2.19 bits per heavy atom. The van der Waals surface area contributed by atoms with Gasteiger partial charge in [-0.25, -0.2) is 0 Å². The summed E-state index contributed by atoms with van der Waals surface area (Å²) in [6.07, 6.45) is 0. The summed E-state index contributed by atoms with van der Waals surface area (Å²) >= 11 is 5.82. The first-order valence-electron chi connectivity index (χ1n) is 4.44. The molecule has 0 fully saturated rings. The average molecular weight is 243 g/mol. The van der Waals surface area contributed by atoms with Crippen molar-refractivity contribution in [3.8, 4) is 0 Å². The first kappa shape index (κ1) is 12.3. The lowest BCUT2D eigenvalue weighted by molar-refractivity contribution is -0.139. The standard InChI is InChI=1S/C10H11ClN2O3/c1-16-9(14)5-13-10(15)7-3-2-6(12)4-8(7)11/h2-4H,5,12H2,1H3,(H,13,15). The fraction of sp³-hybridized carbons (Fsp3) is 0.200. The largest absolute Gasteiger partial charge is 0.468 e. The molecule has 0 unspecified atom stereocenters. The second kappa shape index (κ2) is 5.37. The molecule has 1 aromatic carbocycles. The van der Waals surface area contributed by atoms with Crippen LogP contribution in [0.1, 0.15) is 10.4 Å². The lowest BCUT2D eigenvalue weighted by Gasteiger charge is -2.06. The molecule has 1 rings (SSSR count). The van der Waals surface area contributed by atoms with Crippen LogP contribution in [0, 0.1) is 0 Å². The molecule has 0 aromatic heterocycles. The topological polar surface area (TPSA) is 81.4 Å². The normalized spacial score (nSPS) is 9.62. The number of halogens is 1. The molecule has 5 nitrogen and oxygen atoms in total. The van der Waals surface area contributed by atoms with Crippen LogP contribution in [-0.2, 0) is 9.53 Å². The molecule has 0 aliphatic heterocycles. The van der Waals surface area contributed by atoms with Gasteiger partial charge in [0.1, 0.15) is 6.54 Å². The Bertz CT molecular complexity index is 421. The number of ether oxygens (including phenoxy) is 1. The minimum absolute atomic E-state index is 0.198. The van der Waals surface area contributed by atoms with Gasteiger partial charge in [-0.15, -0.1) is 0 Å².